The molecule has 0 aliphatic rings. The SMILES string of the molecule is Cc1ccc(C#N)cc1-c1ccc2ccc(N(c3ccc4ccccc4c3)c3ccc4sc5ccccc5c4c3)cc2c1C. The number of aryl methyl sites for hydroxylation is 2. The van der Waals surface area contributed by atoms with Gasteiger partial charge in [0.2, 0.25) is 0 Å². The molecule has 208 valence electrons. The molecule has 0 aliphatic heterocycles. The minimum absolute atomic E-state index is 0.678. The first-order valence-corrected chi connectivity index (χ1v) is 15.6. The molecule has 8 aromatic rings. The van der Waals surface area contributed by atoms with Crippen LogP contribution in [0.15, 0.2) is 133 Å². The summed E-state index contributed by atoms with van der Waals surface area (Å²) in [4.78, 5) is 2.38. The average molecular weight is 581 g/mol. The summed E-state index contributed by atoms with van der Waals surface area (Å²) in [5.74, 6) is 0. The quantitative estimate of drug-likeness (QED) is 0.207. The average Bonchev–Trinajstić information content (AvgIpc) is 3.44. The zero-order valence-electron chi connectivity index (χ0n) is 24.5. The fourth-order valence-corrected chi connectivity index (χ4v) is 7.57. The summed E-state index contributed by atoms with van der Waals surface area (Å²) in [5, 5.41) is 17.0. The molecule has 0 N–H and O–H groups in total. The lowest BCUT2D eigenvalue weighted by atomic mass is 9.91. The molecule has 0 radical (unpaired) electrons. The molecule has 0 atom stereocenters. The van der Waals surface area contributed by atoms with E-state index in [2.05, 4.69) is 140 Å². The van der Waals surface area contributed by atoms with Crippen molar-refractivity contribution in [2.45, 2.75) is 13.8 Å². The van der Waals surface area contributed by atoms with E-state index < -0.39 is 0 Å². The smallest absolute Gasteiger partial charge is 0.0991 e. The highest BCUT2D eigenvalue weighted by molar-refractivity contribution is 7.25. The first-order valence-electron chi connectivity index (χ1n) is 14.8. The van der Waals surface area contributed by atoms with Crippen LogP contribution < -0.4 is 4.90 Å². The van der Waals surface area contributed by atoms with Crippen LogP contribution in [0.4, 0.5) is 17.1 Å². The van der Waals surface area contributed by atoms with Crippen LogP contribution in [0.25, 0.3) is 52.8 Å². The van der Waals surface area contributed by atoms with Crippen molar-refractivity contribution in [1.29, 1.82) is 5.26 Å². The van der Waals surface area contributed by atoms with E-state index in [9.17, 15) is 5.26 Å². The van der Waals surface area contributed by atoms with Crippen LogP contribution in [-0.4, -0.2) is 0 Å². The van der Waals surface area contributed by atoms with Crippen molar-refractivity contribution in [3.63, 3.8) is 0 Å². The number of hydrogen-bond acceptors (Lipinski definition) is 3. The van der Waals surface area contributed by atoms with Crippen LogP contribution in [0.5, 0.6) is 0 Å². The number of hydrogen-bond donors (Lipinski definition) is 0. The van der Waals surface area contributed by atoms with Gasteiger partial charge in [-0.1, -0.05) is 72.8 Å². The molecule has 44 heavy (non-hydrogen) atoms. The maximum Gasteiger partial charge on any atom is 0.0991 e. The fraction of sp³-hybridized carbons (Fsp3) is 0.0488. The lowest BCUT2D eigenvalue weighted by molar-refractivity contribution is 1.30. The number of thiophene rings is 1. The predicted molar refractivity (Wildman–Crippen MR) is 189 cm³/mol. The Labute approximate surface area is 260 Å². The molecule has 0 bridgehead atoms. The van der Waals surface area contributed by atoms with Gasteiger partial charge in [0.25, 0.3) is 0 Å². The number of fused-ring (bicyclic) bond motifs is 5. The van der Waals surface area contributed by atoms with Crippen molar-refractivity contribution in [3.8, 4) is 17.2 Å². The van der Waals surface area contributed by atoms with Crippen LogP contribution >= 0.6 is 11.3 Å². The minimum Gasteiger partial charge on any atom is -0.310 e. The van der Waals surface area contributed by atoms with Gasteiger partial charge < -0.3 is 4.90 Å². The van der Waals surface area contributed by atoms with Gasteiger partial charge in [0, 0.05) is 37.2 Å². The van der Waals surface area contributed by atoms with Crippen molar-refractivity contribution in [2.75, 3.05) is 4.90 Å². The maximum absolute atomic E-state index is 9.58. The molecule has 0 fully saturated rings. The summed E-state index contributed by atoms with van der Waals surface area (Å²) >= 11 is 1.84. The maximum atomic E-state index is 9.58. The summed E-state index contributed by atoms with van der Waals surface area (Å²) < 4.78 is 2.60. The van der Waals surface area contributed by atoms with Crippen molar-refractivity contribution >= 4 is 70.1 Å². The highest BCUT2D eigenvalue weighted by atomic mass is 32.1. The Hall–Kier alpha value is -5.43. The molecule has 8 rings (SSSR count). The van der Waals surface area contributed by atoms with Gasteiger partial charge in [0.05, 0.1) is 11.6 Å². The van der Waals surface area contributed by atoms with E-state index in [0.29, 0.717) is 5.56 Å². The third-order valence-electron chi connectivity index (χ3n) is 8.80. The molecule has 0 saturated carbocycles. The van der Waals surface area contributed by atoms with Gasteiger partial charge in [-0.15, -0.1) is 11.3 Å². The molecule has 0 spiro atoms. The van der Waals surface area contributed by atoms with Crippen LogP contribution in [0.1, 0.15) is 16.7 Å². The Bertz CT molecular complexity index is 2440. The number of anilines is 3. The summed E-state index contributed by atoms with van der Waals surface area (Å²) in [6.45, 7) is 4.31. The highest BCUT2D eigenvalue weighted by Crippen LogP contribution is 2.42. The van der Waals surface area contributed by atoms with E-state index in [1.165, 1.54) is 47.3 Å². The summed E-state index contributed by atoms with van der Waals surface area (Å²) in [6, 6.07) is 50.2. The standard InChI is InChI=1S/C41H28N2S/c1-26-11-12-28(25-42)21-37(26)35-19-15-30-14-17-33(23-38(30)27(35)2)43(32-16-13-29-7-3-4-8-31(29)22-32)34-18-20-41-39(24-34)36-9-5-6-10-40(36)44-41/h3-24H,1-2H3. The second kappa shape index (κ2) is 10.4. The number of nitrogens with zero attached hydrogens (tertiary/aromatic N) is 2. The Morgan fingerprint density at radius 1 is 0.523 bits per heavy atom. The Kier molecular flexibility index (Phi) is 6.19. The van der Waals surface area contributed by atoms with Gasteiger partial charge in [-0.3, -0.25) is 0 Å². The van der Waals surface area contributed by atoms with E-state index in [1.54, 1.807) is 0 Å². The number of rotatable bonds is 4. The monoisotopic (exact) mass is 580 g/mol. The van der Waals surface area contributed by atoms with E-state index in [1.807, 2.05) is 29.5 Å². The lowest BCUT2D eigenvalue weighted by Gasteiger charge is -2.27. The van der Waals surface area contributed by atoms with E-state index in [0.717, 1.165) is 33.8 Å². The van der Waals surface area contributed by atoms with Crippen molar-refractivity contribution in [1.82, 2.24) is 0 Å². The fourth-order valence-electron chi connectivity index (χ4n) is 6.49. The van der Waals surface area contributed by atoms with Crippen LogP contribution in [0.3, 0.4) is 0 Å². The topological polar surface area (TPSA) is 27.0 Å². The molecule has 1 aromatic heterocycles. The second-order valence-corrected chi connectivity index (χ2v) is 12.5. The summed E-state index contributed by atoms with van der Waals surface area (Å²) in [6.07, 6.45) is 0. The molecule has 0 unspecified atom stereocenters. The first kappa shape index (κ1) is 26.2. The lowest BCUT2D eigenvalue weighted by Crippen LogP contribution is -2.10. The van der Waals surface area contributed by atoms with Gasteiger partial charge in [-0.05, 0) is 118 Å². The van der Waals surface area contributed by atoms with Gasteiger partial charge in [0.1, 0.15) is 0 Å². The van der Waals surface area contributed by atoms with Crippen molar-refractivity contribution in [2.24, 2.45) is 0 Å². The molecule has 1 heterocycles. The summed E-state index contributed by atoms with van der Waals surface area (Å²) in [7, 11) is 0. The normalized spacial score (nSPS) is 11.4. The first-order chi connectivity index (χ1) is 21.6. The van der Waals surface area contributed by atoms with E-state index in [-0.39, 0.29) is 0 Å². The van der Waals surface area contributed by atoms with Gasteiger partial charge in [0.15, 0.2) is 0 Å². The van der Waals surface area contributed by atoms with Crippen LogP contribution in [0, 0.1) is 25.2 Å². The van der Waals surface area contributed by atoms with Gasteiger partial charge in [-0.25, -0.2) is 0 Å². The largest absolute Gasteiger partial charge is 0.310 e. The minimum atomic E-state index is 0.678. The van der Waals surface area contributed by atoms with Crippen molar-refractivity contribution in [3.05, 3.63) is 150 Å². The zero-order valence-corrected chi connectivity index (χ0v) is 25.3. The third kappa shape index (κ3) is 4.31. The second-order valence-electron chi connectivity index (χ2n) is 11.4. The third-order valence-corrected chi connectivity index (χ3v) is 9.95. The predicted octanol–water partition coefficient (Wildman–Crippen LogP) is 12.0. The molecule has 0 saturated heterocycles. The van der Waals surface area contributed by atoms with Gasteiger partial charge >= 0.3 is 0 Å². The zero-order chi connectivity index (χ0) is 29.8. The molecule has 0 amide bonds. The van der Waals surface area contributed by atoms with E-state index >= 15 is 0 Å². The van der Waals surface area contributed by atoms with Crippen molar-refractivity contribution < 1.29 is 0 Å². The Morgan fingerprint density at radius 3 is 2.02 bits per heavy atom. The number of benzene rings is 7. The van der Waals surface area contributed by atoms with Crippen LogP contribution in [-0.2, 0) is 0 Å². The molecule has 3 heteroatoms. The molecule has 7 aromatic carbocycles. The summed E-state index contributed by atoms with van der Waals surface area (Å²) in [5.41, 5.74) is 8.67. The highest BCUT2D eigenvalue weighted by Gasteiger charge is 2.17. The molecular weight excluding hydrogens is 553 g/mol. The molecular formula is C41H28N2S. The molecule has 2 nitrogen and oxygen atoms in total. The van der Waals surface area contributed by atoms with E-state index in [4.69, 9.17) is 0 Å². The number of nitriles is 1. The van der Waals surface area contributed by atoms with Gasteiger partial charge in [-0.2, -0.15) is 5.26 Å². The molecule has 0 aliphatic carbocycles. The Morgan fingerprint density at radius 2 is 1.18 bits per heavy atom. The van der Waals surface area contributed by atoms with Crippen LogP contribution in [0.2, 0.25) is 0 Å². The Balaban J connectivity index is 1.36.